The molecule has 3 rings (SSSR count). The summed E-state index contributed by atoms with van der Waals surface area (Å²) in [6.07, 6.45) is 3.21. The van der Waals surface area contributed by atoms with Gasteiger partial charge < -0.3 is 14.9 Å². The standard InChI is InChI=1S/C18H19BrN4O2/c1-13-3-5-14(6-4-13)10-25-18-16(19)7-15(8-17(18)24-2)9-22-23-11-20-21-12-23/h3-8,11-12,22H,9-10H2,1-2H3. The van der Waals surface area contributed by atoms with E-state index in [1.807, 2.05) is 12.1 Å². The molecule has 0 saturated carbocycles. The molecule has 0 amide bonds. The number of ether oxygens (including phenoxy) is 2. The van der Waals surface area contributed by atoms with E-state index in [4.69, 9.17) is 9.47 Å². The van der Waals surface area contributed by atoms with Crippen LogP contribution in [0.3, 0.4) is 0 Å². The monoisotopic (exact) mass is 402 g/mol. The number of benzene rings is 2. The highest BCUT2D eigenvalue weighted by Crippen LogP contribution is 2.37. The predicted molar refractivity (Wildman–Crippen MR) is 99.3 cm³/mol. The van der Waals surface area contributed by atoms with E-state index in [1.165, 1.54) is 5.56 Å². The Morgan fingerprint density at radius 1 is 1.08 bits per heavy atom. The summed E-state index contributed by atoms with van der Waals surface area (Å²) in [7, 11) is 1.64. The molecule has 0 aliphatic carbocycles. The van der Waals surface area contributed by atoms with Crippen molar-refractivity contribution in [3.05, 3.63) is 70.2 Å². The van der Waals surface area contributed by atoms with Gasteiger partial charge >= 0.3 is 0 Å². The molecule has 3 aromatic rings. The molecule has 0 aliphatic rings. The predicted octanol–water partition coefficient (Wildman–Crippen LogP) is 3.68. The smallest absolute Gasteiger partial charge is 0.175 e. The molecule has 2 aromatic carbocycles. The zero-order valence-corrected chi connectivity index (χ0v) is 15.7. The highest BCUT2D eigenvalue weighted by molar-refractivity contribution is 9.10. The number of hydrogen-bond donors (Lipinski definition) is 1. The Morgan fingerprint density at radius 2 is 1.80 bits per heavy atom. The topological polar surface area (TPSA) is 61.2 Å². The number of aryl methyl sites for hydroxylation is 1. The van der Waals surface area contributed by atoms with Gasteiger partial charge in [-0.05, 0) is 46.1 Å². The van der Waals surface area contributed by atoms with Gasteiger partial charge in [0.15, 0.2) is 11.5 Å². The van der Waals surface area contributed by atoms with E-state index < -0.39 is 0 Å². The first-order valence-corrected chi connectivity index (χ1v) is 8.58. The fourth-order valence-corrected chi connectivity index (χ4v) is 2.92. The maximum atomic E-state index is 5.97. The number of rotatable bonds is 7. The molecule has 25 heavy (non-hydrogen) atoms. The number of methoxy groups -OCH3 is 1. The summed E-state index contributed by atoms with van der Waals surface area (Å²) >= 11 is 3.58. The lowest BCUT2D eigenvalue weighted by Gasteiger charge is -2.15. The van der Waals surface area contributed by atoms with Crippen LogP contribution >= 0.6 is 15.9 Å². The Balaban J connectivity index is 1.71. The average Bonchev–Trinajstić information content (AvgIpc) is 3.13. The highest BCUT2D eigenvalue weighted by Gasteiger charge is 2.12. The molecule has 0 radical (unpaired) electrons. The SMILES string of the molecule is COc1cc(CNn2cnnc2)cc(Br)c1OCc1ccc(C)cc1. The molecular formula is C18H19BrN4O2. The Morgan fingerprint density at radius 3 is 2.48 bits per heavy atom. The normalized spacial score (nSPS) is 10.5. The third-order valence-corrected chi connectivity index (χ3v) is 4.27. The summed E-state index contributed by atoms with van der Waals surface area (Å²) in [5.74, 6) is 1.37. The van der Waals surface area contributed by atoms with Crippen molar-refractivity contribution in [1.29, 1.82) is 0 Å². The Bertz CT molecular complexity index is 820. The first-order valence-electron chi connectivity index (χ1n) is 7.79. The number of nitrogens with zero attached hydrogens (tertiary/aromatic N) is 3. The zero-order chi connectivity index (χ0) is 17.6. The largest absolute Gasteiger partial charge is 0.493 e. The Kier molecular flexibility index (Phi) is 5.55. The Hall–Kier alpha value is -2.54. The van der Waals surface area contributed by atoms with Crippen LogP contribution in [-0.2, 0) is 13.2 Å². The van der Waals surface area contributed by atoms with E-state index in [0.717, 1.165) is 15.6 Å². The minimum atomic E-state index is 0.480. The van der Waals surface area contributed by atoms with Crippen LogP contribution in [0.2, 0.25) is 0 Å². The van der Waals surface area contributed by atoms with Crippen molar-refractivity contribution in [2.45, 2.75) is 20.1 Å². The fourth-order valence-electron chi connectivity index (χ4n) is 2.32. The second-order valence-electron chi connectivity index (χ2n) is 5.59. The first-order chi connectivity index (χ1) is 12.2. The van der Waals surface area contributed by atoms with Crippen molar-refractivity contribution < 1.29 is 9.47 Å². The minimum Gasteiger partial charge on any atom is -0.493 e. The third-order valence-electron chi connectivity index (χ3n) is 3.68. The second kappa shape index (κ2) is 8.02. The second-order valence-corrected chi connectivity index (χ2v) is 6.44. The van der Waals surface area contributed by atoms with E-state index >= 15 is 0 Å². The molecule has 0 aliphatic heterocycles. The van der Waals surface area contributed by atoms with Gasteiger partial charge in [-0.2, -0.15) is 0 Å². The molecule has 0 bridgehead atoms. The van der Waals surface area contributed by atoms with Crippen LogP contribution in [-0.4, -0.2) is 22.0 Å². The van der Waals surface area contributed by atoms with Gasteiger partial charge in [-0.25, -0.2) is 4.68 Å². The van der Waals surface area contributed by atoms with Crippen LogP contribution in [0.25, 0.3) is 0 Å². The van der Waals surface area contributed by atoms with Crippen molar-refractivity contribution in [2.24, 2.45) is 0 Å². The van der Waals surface area contributed by atoms with Gasteiger partial charge in [0, 0.05) is 0 Å². The summed E-state index contributed by atoms with van der Waals surface area (Å²) in [5.41, 5.74) is 6.56. The van der Waals surface area contributed by atoms with Crippen molar-refractivity contribution >= 4 is 15.9 Å². The molecule has 0 saturated heterocycles. The number of hydrogen-bond acceptors (Lipinski definition) is 5. The van der Waals surface area contributed by atoms with Gasteiger partial charge in [0.05, 0.1) is 18.1 Å². The lowest BCUT2D eigenvalue weighted by molar-refractivity contribution is 0.282. The molecule has 0 fully saturated rings. The molecule has 1 N–H and O–H groups in total. The summed E-state index contributed by atoms with van der Waals surface area (Å²) in [6.45, 7) is 3.15. The lowest BCUT2D eigenvalue weighted by atomic mass is 10.1. The number of nitrogens with one attached hydrogen (secondary N) is 1. The molecule has 0 unspecified atom stereocenters. The fraction of sp³-hybridized carbons (Fsp3) is 0.222. The molecule has 130 valence electrons. The summed E-state index contributed by atoms with van der Waals surface area (Å²) in [4.78, 5) is 0. The van der Waals surface area contributed by atoms with Crippen LogP contribution < -0.4 is 14.9 Å². The summed E-state index contributed by atoms with van der Waals surface area (Å²) in [6, 6.07) is 12.2. The molecule has 7 heteroatoms. The molecular weight excluding hydrogens is 384 g/mol. The number of halogens is 1. The van der Waals surface area contributed by atoms with Gasteiger partial charge in [-0.15, -0.1) is 10.2 Å². The van der Waals surface area contributed by atoms with E-state index in [2.05, 4.69) is 62.7 Å². The van der Waals surface area contributed by atoms with Gasteiger partial charge in [0.2, 0.25) is 0 Å². The van der Waals surface area contributed by atoms with E-state index in [9.17, 15) is 0 Å². The van der Waals surface area contributed by atoms with Gasteiger partial charge in [0.25, 0.3) is 0 Å². The minimum absolute atomic E-state index is 0.480. The summed E-state index contributed by atoms with van der Waals surface area (Å²) in [5, 5.41) is 7.51. The maximum absolute atomic E-state index is 5.97. The molecule has 6 nitrogen and oxygen atoms in total. The van der Waals surface area contributed by atoms with Crippen molar-refractivity contribution in [2.75, 3.05) is 12.5 Å². The van der Waals surface area contributed by atoms with E-state index in [-0.39, 0.29) is 0 Å². The van der Waals surface area contributed by atoms with Crippen LogP contribution in [0.4, 0.5) is 0 Å². The zero-order valence-electron chi connectivity index (χ0n) is 14.1. The van der Waals surface area contributed by atoms with Crippen LogP contribution in [0.15, 0.2) is 53.5 Å². The first kappa shape index (κ1) is 17.3. The third kappa shape index (κ3) is 4.51. The van der Waals surface area contributed by atoms with Gasteiger partial charge in [0.1, 0.15) is 19.3 Å². The number of aromatic nitrogens is 3. The molecule has 0 spiro atoms. The molecule has 1 aromatic heterocycles. The quantitative estimate of drug-likeness (QED) is 0.652. The van der Waals surface area contributed by atoms with Crippen molar-refractivity contribution in [1.82, 2.24) is 14.9 Å². The Labute approximate surface area is 154 Å². The molecule has 1 heterocycles. The average molecular weight is 403 g/mol. The lowest BCUT2D eigenvalue weighted by Crippen LogP contribution is -2.12. The van der Waals surface area contributed by atoms with Gasteiger partial charge in [-0.3, -0.25) is 0 Å². The van der Waals surface area contributed by atoms with Crippen LogP contribution in [0.5, 0.6) is 11.5 Å². The van der Waals surface area contributed by atoms with Crippen molar-refractivity contribution in [3.63, 3.8) is 0 Å². The van der Waals surface area contributed by atoms with Crippen LogP contribution in [0.1, 0.15) is 16.7 Å². The maximum Gasteiger partial charge on any atom is 0.175 e. The molecule has 0 atom stereocenters. The van der Waals surface area contributed by atoms with E-state index in [1.54, 1.807) is 24.4 Å². The summed E-state index contributed by atoms with van der Waals surface area (Å²) < 4.78 is 14.0. The van der Waals surface area contributed by atoms with Crippen molar-refractivity contribution in [3.8, 4) is 11.5 Å². The van der Waals surface area contributed by atoms with Gasteiger partial charge in [-0.1, -0.05) is 29.8 Å². The van der Waals surface area contributed by atoms with E-state index in [0.29, 0.717) is 24.7 Å². The highest BCUT2D eigenvalue weighted by atomic mass is 79.9. The van der Waals surface area contributed by atoms with Crippen LogP contribution in [0, 0.1) is 6.92 Å².